The highest BCUT2D eigenvalue weighted by molar-refractivity contribution is 7.07. The van der Waals surface area contributed by atoms with Gasteiger partial charge in [-0.1, -0.05) is 36.4 Å². The number of hydrogen-bond acceptors (Lipinski definition) is 5. The Morgan fingerprint density at radius 1 is 1.22 bits per heavy atom. The Bertz CT molecular complexity index is 1340. The van der Waals surface area contributed by atoms with Gasteiger partial charge in [-0.25, -0.2) is 0 Å². The monoisotopic (exact) mass is 453 g/mol. The summed E-state index contributed by atoms with van der Waals surface area (Å²) in [5.41, 5.74) is 0.422. The third-order valence-corrected chi connectivity index (χ3v) is 5.29. The predicted octanol–water partition coefficient (Wildman–Crippen LogP) is 2.31. The molecule has 32 heavy (non-hydrogen) atoms. The van der Waals surface area contributed by atoms with Crippen molar-refractivity contribution in [1.82, 2.24) is 9.88 Å². The van der Waals surface area contributed by atoms with Crippen molar-refractivity contribution in [3.63, 3.8) is 0 Å². The first-order chi connectivity index (χ1) is 15.4. The lowest BCUT2D eigenvalue weighted by atomic mass is 10.2. The molecule has 0 saturated carbocycles. The van der Waals surface area contributed by atoms with Gasteiger partial charge in [0.25, 0.3) is 11.5 Å². The molecule has 0 bridgehead atoms. The highest BCUT2D eigenvalue weighted by Gasteiger charge is 2.16. The number of nitrogens with one attached hydrogen (secondary N) is 1. The van der Waals surface area contributed by atoms with Crippen molar-refractivity contribution in [3.8, 4) is 17.5 Å². The van der Waals surface area contributed by atoms with E-state index < -0.39 is 18.1 Å². The Balaban J connectivity index is 2.22. The highest BCUT2D eigenvalue weighted by Crippen LogP contribution is 2.15. The van der Waals surface area contributed by atoms with Crippen molar-refractivity contribution >= 4 is 28.9 Å². The summed E-state index contributed by atoms with van der Waals surface area (Å²) in [6, 6.07) is 16.3. The summed E-state index contributed by atoms with van der Waals surface area (Å²) in [6.07, 6.45) is 3.03. The fourth-order valence-electron chi connectivity index (χ4n) is 2.81. The van der Waals surface area contributed by atoms with Gasteiger partial charge in [0.05, 0.1) is 10.2 Å². The van der Waals surface area contributed by atoms with Gasteiger partial charge in [-0.15, -0.1) is 17.9 Å². The number of carbonyl (C=O) groups excluding carboxylic acids is 1. The molecule has 3 aromatic rings. The molecule has 0 spiro atoms. The van der Waals surface area contributed by atoms with E-state index in [4.69, 9.17) is 0 Å². The zero-order valence-corrected chi connectivity index (χ0v) is 17.4. The van der Waals surface area contributed by atoms with Crippen molar-refractivity contribution < 1.29 is 18.3 Å². The van der Waals surface area contributed by atoms with Crippen LogP contribution >= 0.6 is 11.3 Å². The van der Waals surface area contributed by atoms with Crippen molar-refractivity contribution in [2.24, 2.45) is 0 Å². The summed E-state index contributed by atoms with van der Waals surface area (Å²) in [5.74, 6) is -0.636. The van der Waals surface area contributed by atoms with Crippen LogP contribution in [0.1, 0.15) is 5.56 Å². The van der Waals surface area contributed by atoms with Crippen LogP contribution < -0.4 is 24.8 Å². The highest BCUT2D eigenvalue weighted by atomic mass is 32.1. The molecular formula is C23H17F2N3O3S. The summed E-state index contributed by atoms with van der Waals surface area (Å²) in [4.78, 5) is 25.7. The molecule has 0 atom stereocenters. The van der Waals surface area contributed by atoms with Gasteiger partial charge in [-0.3, -0.25) is 14.2 Å². The van der Waals surface area contributed by atoms with Crippen LogP contribution in [0.5, 0.6) is 5.75 Å². The average Bonchev–Trinajstić information content (AvgIpc) is 3.10. The molecule has 0 radical (unpaired) electrons. The van der Waals surface area contributed by atoms with Crippen molar-refractivity contribution in [3.05, 3.63) is 92.4 Å². The standard InChI is InChI=1S/C23H17F2N3O3S/c1-2-12-27-20(29)18(14-26)22-28(16-6-4-3-5-7-16)21(30)19(32-22)13-15-8-10-17(11-9-15)31-23(24)25/h2-11,13,23H,1,12H2,(H,27,29)/b19-13+,22-18+. The Labute approximate surface area is 185 Å². The van der Waals surface area contributed by atoms with E-state index >= 15 is 0 Å². The lowest BCUT2D eigenvalue weighted by Gasteiger charge is -2.04. The maximum Gasteiger partial charge on any atom is 0.387 e. The van der Waals surface area contributed by atoms with Crippen LogP contribution in [-0.2, 0) is 4.79 Å². The molecule has 0 fully saturated rings. The van der Waals surface area contributed by atoms with Crippen LogP contribution in [0.25, 0.3) is 17.3 Å². The van der Waals surface area contributed by atoms with E-state index in [1.807, 2.05) is 6.07 Å². The van der Waals surface area contributed by atoms with Crippen LogP contribution in [0.4, 0.5) is 8.78 Å². The Morgan fingerprint density at radius 2 is 1.91 bits per heavy atom. The summed E-state index contributed by atoms with van der Waals surface area (Å²) in [6.45, 7) is 0.756. The zero-order valence-electron chi connectivity index (χ0n) is 16.6. The number of alkyl halides is 2. The number of thiazole rings is 1. The van der Waals surface area contributed by atoms with Gasteiger partial charge in [-0.2, -0.15) is 14.0 Å². The van der Waals surface area contributed by atoms with Gasteiger partial charge in [0.2, 0.25) is 0 Å². The molecule has 1 amide bonds. The number of halogens is 2. The summed E-state index contributed by atoms with van der Waals surface area (Å²) >= 11 is 0.983. The molecule has 3 rings (SSSR count). The average molecular weight is 453 g/mol. The van der Waals surface area contributed by atoms with Crippen LogP contribution in [-0.4, -0.2) is 23.6 Å². The maximum atomic E-state index is 13.2. The molecule has 0 aliphatic heterocycles. The van der Waals surface area contributed by atoms with Crippen molar-refractivity contribution in [1.29, 1.82) is 5.26 Å². The largest absolute Gasteiger partial charge is 0.435 e. The number of rotatable bonds is 7. The van der Waals surface area contributed by atoms with Crippen LogP contribution in [0.2, 0.25) is 0 Å². The van der Waals surface area contributed by atoms with Gasteiger partial charge < -0.3 is 10.1 Å². The summed E-state index contributed by atoms with van der Waals surface area (Å²) in [5, 5.41) is 12.2. The minimum atomic E-state index is -2.94. The third kappa shape index (κ3) is 5.17. The molecule has 0 aliphatic carbocycles. The summed E-state index contributed by atoms with van der Waals surface area (Å²) < 4.78 is 30.7. The molecule has 6 nitrogen and oxygen atoms in total. The first kappa shape index (κ1) is 22.7. The zero-order chi connectivity index (χ0) is 23.1. The molecule has 0 aliphatic rings. The smallest absolute Gasteiger partial charge is 0.387 e. The molecule has 1 heterocycles. The number of benzene rings is 2. The second-order valence-corrected chi connectivity index (χ2v) is 7.36. The van der Waals surface area contributed by atoms with Crippen LogP contribution in [0.3, 0.4) is 0 Å². The molecule has 9 heteroatoms. The normalized spacial score (nSPS) is 12.2. The number of aromatic nitrogens is 1. The SMILES string of the molecule is C=CCNC(=O)/C(C#N)=c1/s/c(=C/c2ccc(OC(F)F)cc2)c(=O)n1-c1ccccc1. The molecular weight excluding hydrogens is 436 g/mol. The van der Waals surface area contributed by atoms with E-state index in [1.165, 1.54) is 34.9 Å². The first-order valence-electron chi connectivity index (χ1n) is 9.32. The number of para-hydroxylation sites is 1. The lowest BCUT2D eigenvalue weighted by molar-refractivity contribution is -0.115. The quantitative estimate of drug-likeness (QED) is 0.557. The molecule has 2 aromatic carbocycles. The van der Waals surface area contributed by atoms with Crippen molar-refractivity contribution in [2.75, 3.05) is 6.54 Å². The van der Waals surface area contributed by atoms with Gasteiger partial charge in [0.1, 0.15) is 16.5 Å². The number of ether oxygens (including phenoxy) is 1. The van der Waals surface area contributed by atoms with Gasteiger partial charge in [0.15, 0.2) is 5.57 Å². The fraction of sp³-hybridized carbons (Fsp3) is 0.0870. The van der Waals surface area contributed by atoms with Crippen LogP contribution in [0.15, 0.2) is 72.0 Å². The van der Waals surface area contributed by atoms with Gasteiger partial charge >= 0.3 is 6.61 Å². The van der Waals surface area contributed by atoms with Crippen molar-refractivity contribution in [2.45, 2.75) is 6.61 Å². The topological polar surface area (TPSA) is 84.1 Å². The second kappa shape index (κ2) is 10.3. The minimum Gasteiger partial charge on any atom is -0.435 e. The number of hydrogen-bond donors (Lipinski definition) is 1. The Morgan fingerprint density at radius 3 is 2.50 bits per heavy atom. The number of nitrogens with zero attached hydrogens (tertiary/aromatic N) is 2. The number of nitriles is 1. The first-order valence-corrected chi connectivity index (χ1v) is 10.1. The Kier molecular flexibility index (Phi) is 7.31. The van der Waals surface area contributed by atoms with E-state index in [0.29, 0.717) is 11.3 Å². The molecule has 162 valence electrons. The molecule has 1 aromatic heterocycles. The second-order valence-electron chi connectivity index (χ2n) is 6.32. The molecule has 0 saturated heterocycles. The van der Waals surface area contributed by atoms with Gasteiger partial charge in [-0.05, 0) is 35.9 Å². The van der Waals surface area contributed by atoms with E-state index in [0.717, 1.165) is 11.3 Å². The van der Waals surface area contributed by atoms with Crippen LogP contribution in [0, 0.1) is 11.3 Å². The number of carbonyl (C=O) groups is 1. The minimum absolute atomic E-state index is 0.00953. The molecule has 1 N–H and O–H groups in total. The van der Waals surface area contributed by atoms with E-state index in [2.05, 4.69) is 16.6 Å². The maximum absolute atomic E-state index is 13.2. The number of amides is 1. The van der Waals surface area contributed by atoms with E-state index in [9.17, 15) is 23.6 Å². The summed E-state index contributed by atoms with van der Waals surface area (Å²) in [7, 11) is 0. The fourth-order valence-corrected chi connectivity index (χ4v) is 3.91. The van der Waals surface area contributed by atoms with E-state index in [1.54, 1.807) is 36.4 Å². The predicted molar refractivity (Wildman–Crippen MR) is 118 cm³/mol. The molecule has 0 unspecified atom stereocenters. The Hall–Kier alpha value is -4.03. The third-order valence-electron chi connectivity index (χ3n) is 4.20. The van der Waals surface area contributed by atoms with E-state index in [-0.39, 0.29) is 27.1 Å². The van der Waals surface area contributed by atoms with Gasteiger partial charge in [0, 0.05) is 6.54 Å². The lowest BCUT2D eigenvalue weighted by Crippen LogP contribution is -2.33.